The number of anilines is 1. The Balaban J connectivity index is 1.38. The summed E-state index contributed by atoms with van der Waals surface area (Å²) in [5.74, 6) is 0.713. The van der Waals surface area contributed by atoms with Gasteiger partial charge in [0.15, 0.2) is 0 Å². The molecule has 2 aromatic rings. The van der Waals surface area contributed by atoms with E-state index in [9.17, 15) is 9.90 Å². The van der Waals surface area contributed by atoms with Crippen LogP contribution in [0.25, 0.3) is 0 Å². The SMILES string of the molecule is CC(=O)Nc1ccc(O)cc1OC[C@H](C)CNC1CCN(Cc2ccc(Cl)cc2)CC1. The Bertz CT molecular complexity index is 852. The molecular formula is C24H32ClN3O3. The van der Waals surface area contributed by atoms with Gasteiger partial charge in [-0.25, -0.2) is 0 Å². The Morgan fingerprint density at radius 3 is 2.61 bits per heavy atom. The highest BCUT2D eigenvalue weighted by Gasteiger charge is 2.19. The van der Waals surface area contributed by atoms with Gasteiger partial charge in [0.2, 0.25) is 5.91 Å². The number of likely N-dealkylation sites (tertiary alicyclic amines) is 1. The Hall–Kier alpha value is -2.28. The van der Waals surface area contributed by atoms with Crippen LogP contribution in [0.5, 0.6) is 11.5 Å². The van der Waals surface area contributed by atoms with E-state index < -0.39 is 0 Å². The number of amides is 1. The number of rotatable bonds is 9. The van der Waals surface area contributed by atoms with Gasteiger partial charge in [0.25, 0.3) is 0 Å². The number of hydrogen-bond acceptors (Lipinski definition) is 5. The lowest BCUT2D eigenvalue weighted by molar-refractivity contribution is -0.114. The maximum Gasteiger partial charge on any atom is 0.221 e. The van der Waals surface area contributed by atoms with Gasteiger partial charge in [-0.1, -0.05) is 30.7 Å². The molecular weight excluding hydrogens is 414 g/mol. The summed E-state index contributed by atoms with van der Waals surface area (Å²) in [5.41, 5.74) is 1.87. The number of nitrogens with zero attached hydrogens (tertiary/aromatic N) is 1. The minimum atomic E-state index is -0.173. The second kappa shape index (κ2) is 11.4. The third kappa shape index (κ3) is 7.73. The standard InChI is InChI=1S/C24H32ClN3O3/c1-17(16-31-24-13-22(30)7-8-23(24)27-18(2)29)14-26-21-9-11-28(12-10-21)15-19-3-5-20(25)6-4-19/h3-8,13,17,21,26,30H,9-12,14-16H2,1-2H3,(H,27,29)/t17-/m1/s1. The van der Waals surface area contributed by atoms with Gasteiger partial charge in [-0.3, -0.25) is 9.69 Å². The second-order valence-electron chi connectivity index (χ2n) is 8.36. The van der Waals surface area contributed by atoms with E-state index in [4.69, 9.17) is 16.3 Å². The number of piperidine rings is 1. The van der Waals surface area contributed by atoms with Gasteiger partial charge in [-0.15, -0.1) is 0 Å². The molecule has 0 unspecified atom stereocenters. The van der Waals surface area contributed by atoms with Crippen molar-refractivity contribution >= 4 is 23.2 Å². The number of hydrogen-bond donors (Lipinski definition) is 3. The fourth-order valence-corrected chi connectivity index (χ4v) is 3.85. The van der Waals surface area contributed by atoms with E-state index in [0.29, 0.717) is 30.0 Å². The molecule has 3 rings (SSSR count). The summed E-state index contributed by atoms with van der Waals surface area (Å²) in [6, 6.07) is 13.3. The summed E-state index contributed by atoms with van der Waals surface area (Å²) in [5, 5.41) is 16.9. The Morgan fingerprint density at radius 2 is 1.94 bits per heavy atom. The predicted molar refractivity (Wildman–Crippen MR) is 125 cm³/mol. The molecule has 6 nitrogen and oxygen atoms in total. The number of phenolic OH excluding ortho intramolecular Hbond substituents is 1. The van der Waals surface area contributed by atoms with Crippen LogP contribution in [0.3, 0.4) is 0 Å². The van der Waals surface area contributed by atoms with Crippen LogP contribution < -0.4 is 15.4 Å². The fourth-order valence-electron chi connectivity index (χ4n) is 3.73. The van der Waals surface area contributed by atoms with Crippen LogP contribution in [-0.2, 0) is 11.3 Å². The number of benzene rings is 2. The molecule has 0 radical (unpaired) electrons. The summed E-state index contributed by atoms with van der Waals surface area (Å²) in [4.78, 5) is 13.8. The van der Waals surface area contributed by atoms with E-state index in [2.05, 4.69) is 34.6 Å². The van der Waals surface area contributed by atoms with Crippen molar-refractivity contribution in [1.29, 1.82) is 0 Å². The highest BCUT2D eigenvalue weighted by Crippen LogP contribution is 2.29. The van der Waals surface area contributed by atoms with Crippen LogP contribution in [0.2, 0.25) is 5.02 Å². The van der Waals surface area contributed by atoms with Crippen molar-refractivity contribution in [2.75, 3.05) is 31.6 Å². The minimum Gasteiger partial charge on any atom is -0.508 e. The van der Waals surface area contributed by atoms with Gasteiger partial charge < -0.3 is 20.5 Å². The summed E-state index contributed by atoms with van der Waals surface area (Å²) in [6.45, 7) is 8.06. The zero-order chi connectivity index (χ0) is 22.2. The first-order valence-electron chi connectivity index (χ1n) is 10.8. The Kier molecular flexibility index (Phi) is 8.58. The molecule has 1 saturated heterocycles. The normalized spacial score (nSPS) is 16.1. The molecule has 3 N–H and O–H groups in total. The number of halogens is 1. The van der Waals surface area contributed by atoms with Gasteiger partial charge in [-0.2, -0.15) is 0 Å². The van der Waals surface area contributed by atoms with Gasteiger partial charge in [0, 0.05) is 43.1 Å². The van der Waals surface area contributed by atoms with E-state index in [1.165, 1.54) is 24.6 Å². The number of carbonyl (C=O) groups excluding carboxylic acids is 1. The highest BCUT2D eigenvalue weighted by molar-refractivity contribution is 6.30. The highest BCUT2D eigenvalue weighted by atomic mass is 35.5. The first kappa shape index (κ1) is 23.4. The molecule has 0 spiro atoms. The second-order valence-corrected chi connectivity index (χ2v) is 8.80. The van der Waals surface area contributed by atoms with Crippen molar-refractivity contribution in [3.8, 4) is 11.5 Å². The van der Waals surface area contributed by atoms with Crippen LogP contribution in [-0.4, -0.2) is 48.2 Å². The van der Waals surface area contributed by atoms with E-state index in [0.717, 1.165) is 44.0 Å². The van der Waals surface area contributed by atoms with Crippen molar-refractivity contribution in [2.24, 2.45) is 5.92 Å². The molecule has 168 valence electrons. The predicted octanol–water partition coefficient (Wildman–Crippen LogP) is 4.27. The summed E-state index contributed by atoms with van der Waals surface area (Å²) < 4.78 is 5.88. The quantitative estimate of drug-likeness (QED) is 0.502. The largest absolute Gasteiger partial charge is 0.508 e. The van der Waals surface area contributed by atoms with Gasteiger partial charge >= 0.3 is 0 Å². The molecule has 1 heterocycles. The molecule has 1 fully saturated rings. The minimum absolute atomic E-state index is 0.111. The first-order chi connectivity index (χ1) is 14.9. The van der Waals surface area contributed by atoms with E-state index in [1.807, 2.05) is 12.1 Å². The fraction of sp³-hybridized carbons (Fsp3) is 0.458. The number of aromatic hydroxyl groups is 1. The van der Waals surface area contributed by atoms with Gasteiger partial charge in [0.05, 0.1) is 12.3 Å². The topological polar surface area (TPSA) is 73.8 Å². The van der Waals surface area contributed by atoms with Crippen molar-refractivity contribution in [3.05, 3.63) is 53.1 Å². The average molecular weight is 446 g/mol. The van der Waals surface area contributed by atoms with E-state index >= 15 is 0 Å². The summed E-state index contributed by atoms with van der Waals surface area (Å²) >= 11 is 5.97. The van der Waals surface area contributed by atoms with E-state index in [1.54, 1.807) is 6.07 Å². The molecule has 1 amide bonds. The molecule has 2 aromatic carbocycles. The van der Waals surface area contributed by atoms with Crippen LogP contribution in [0.4, 0.5) is 5.69 Å². The number of phenols is 1. The van der Waals surface area contributed by atoms with Crippen molar-refractivity contribution in [2.45, 2.75) is 39.3 Å². The Labute approximate surface area is 189 Å². The van der Waals surface area contributed by atoms with E-state index in [-0.39, 0.29) is 11.7 Å². The zero-order valence-electron chi connectivity index (χ0n) is 18.2. The molecule has 0 aromatic heterocycles. The molecule has 1 aliphatic rings. The molecule has 31 heavy (non-hydrogen) atoms. The molecule has 0 saturated carbocycles. The number of carbonyl (C=O) groups is 1. The Morgan fingerprint density at radius 1 is 1.23 bits per heavy atom. The zero-order valence-corrected chi connectivity index (χ0v) is 19.0. The van der Waals surface area contributed by atoms with Crippen molar-refractivity contribution in [1.82, 2.24) is 10.2 Å². The van der Waals surface area contributed by atoms with Crippen LogP contribution in [0.1, 0.15) is 32.3 Å². The maximum atomic E-state index is 11.4. The van der Waals surface area contributed by atoms with Crippen LogP contribution >= 0.6 is 11.6 Å². The first-order valence-corrected chi connectivity index (χ1v) is 11.2. The lowest BCUT2D eigenvalue weighted by Crippen LogP contribution is -2.43. The molecule has 0 aliphatic carbocycles. The molecule has 7 heteroatoms. The summed E-state index contributed by atoms with van der Waals surface area (Å²) in [6.07, 6.45) is 2.25. The van der Waals surface area contributed by atoms with Crippen LogP contribution in [0.15, 0.2) is 42.5 Å². The molecule has 0 bridgehead atoms. The third-order valence-electron chi connectivity index (χ3n) is 5.46. The smallest absolute Gasteiger partial charge is 0.221 e. The molecule has 1 atom stereocenters. The number of ether oxygens (including phenoxy) is 1. The monoisotopic (exact) mass is 445 g/mol. The van der Waals surface area contributed by atoms with Crippen molar-refractivity contribution in [3.63, 3.8) is 0 Å². The lowest BCUT2D eigenvalue weighted by Gasteiger charge is -2.33. The molecule has 1 aliphatic heterocycles. The summed E-state index contributed by atoms with van der Waals surface area (Å²) in [7, 11) is 0. The van der Waals surface area contributed by atoms with Gasteiger partial charge in [-0.05, 0) is 55.8 Å². The van der Waals surface area contributed by atoms with Gasteiger partial charge in [0.1, 0.15) is 11.5 Å². The average Bonchev–Trinajstić information content (AvgIpc) is 2.74. The lowest BCUT2D eigenvalue weighted by atomic mass is 10.0. The number of nitrogens with one attached hydrogen (secondary N) is 2. The van der Waals surface area contributed by atoms with Crippen molar-refractivity contribution < 1.29 is 14.6 Å². The maximum absolute atomic E-state index is 11.4. The third-order valence-corrected chi connectivity index (χ3v) is 5.71. The van der Waals surface area contributed by atoms with Crippen LogP contribution in [0, 0.1) is 5.92 Å².